The molecule has 3 N–H and O–H groups in total. The van der Waals surface area contributed by atoms with Gasteiger partial charge in [-0.15, -0.1) is 11.6 Å². The lowest BCUT2D eigenvalue weighted by atomic mass is 10.0. The summed E-state index contributed by atoms with van der Waals surface area (Å²) in [6.45, 7) is 2.28. The molecule has 0 aromatic rings. The van der Waals surface area contributed by atoms with Crippen LogP contribution in [-0.4, -0.2) is 31.9 Å². The Morgan fingerprint density at radius 2 is 0.773 bits per heavy atom. The fraction of sp³-hybridized carbons (Fsp3) is 1.00. The topological polar surface area (TPSA) is 38.2 Å². The molecule has 0 saturated carbocycles. The predicted molar refractivity (Wildman–Crippen MR) is 106 cm³/mol. The van der Waals surface area contributed by atoms with Crippen molar-refractivity contribution in [3.05, 3.63) is 0 Å². The maximum atomic E-state index is 5.64. The summed E-state index contributed by atoms with van der Waals surface area (Å²) < 4.78 is 0. The van der Waals surface area contributed by atoms with Crippen LogP contribution in [0.2, 0.25) is 0 Å². The molecule has 3 heteroatoms. The average Bonchev–Trinajstić information content (AvgIpc) is 2.43. The predicted octanol–water partition coefficient (Wildman–Crippen LogP) is 7.05. The second-order valence-corrected chi connectivity index (χ2v) is 7.00. The van der Waals surface area contributed by atoms with E-state index in [-0.39, 0.29) is 6.15 Å². The molecule has 0 saturated heterocycles. The van der Waals surface area contributed by atoms with E-state index in [1.54, 1.807) is 0 Å². The molecule has 0 bridgehead atoms. The van der Waals surface area contributed by atoms with Crippen LogP contribution < -0.4 is 6.15 Å². The zero-order valence-corrected chi connectivity index (χ0v) is 16.9. The van der Waals surface area contributed by atoms with Crippen LogP contribution in [0.15, 0.2) is 0 Å². The first kappa shape index (κ1) is 27.1. The van der Waals surface area contributed by atoms with E-state index in [1.807, 2.05) is 26.0 Å². The molecule has 0 aromatic carbocycles. The Kier molecular flexibility index (Phi) is 32.2. The quantitative estimate of drug-likeness (QED) is 0.272. The van der Waals surface area contributed by atoms with Crippen LogP contribution in [0.1, 0.15) is 96.8 Å². The Morgan fingerprint density at radius 3 is 1.00 bits per heavy atom. The number of hydrogen-bond acceptors (Lipinski definition) is 2. The van der Waals surface area contributed by atoms with Gasteiger partial charge in [-0.05, 0) is 27.6 Å². The molecular weight excluding hydrogens is 292 g/mol. The maximum absolute atomic E-state index is 5.64. The van der Waals surface area contributed by atoms with E-state index in [0.29, 0.717) is 0 Å². The van der Waals surface area contributed by atoms with Gasteiger partial charge in [0.05, 0.1) is 0 Å². The molecule has 0 amide bonds. The summed E-state index contributed by atoms with van der Waals surface area (Å²) in [7, 11) is 6.00. The summed E-state index contributed by atoms with van der Waals surface area (Å²) in [5, 5.41) is 0. The van der Waals surface area contributed by atoms with Crippen LogP contribution in [-0.2, 0) is 0 Å². The third kappa shape index (κ3) is 36.9. The zero-order chi connectivity index (χ0) is 16.2. The van der Waals surface area contributed by atoms with Gasteiger partial charge in [-0.3, -0.25) is 0 Å². The smallest absolute Gasteiger partial charge is 0.0223 e. The Labute approximate surface area is 147 Å². The first-order valence-corrected chi connectivity index (χ1v) is 9.85. The Balaban J connectivity index is -0.000000640. The highest BCUT2D eigenvalue weighted by molar-refractivity contribution is 6.17. The van der Waals surface area contributed by atoms with Gasteiger partial charge in [0.1, 0.15) is 0 Å². The van der Waals surface area contributed by atoms with Crippen molar-refractivity contribution in [3.63, 3.8) is 0 Å². The van der Waals surface area contributed by atoms with Gasteiger partial charge in [-0.1, -0.05) is 90.4 Å². The summed E-state index contributed by atoms with van der Waals surface area (Å²) in [6, 6.07) is 0. The number of rotatable bonds is 14. The molecule has 0 unspecified atom stereocenters. The molecule has 0 atom stereocenters. The summed E-state index contributed by atoms with van der Waals surface area (Å²) in [5.41, 5.74) is 0. The second-order valence-electron chi connectivity index (χ2n) is 6.63. The van der Waals surface area contributed by atoms with Gasteiger partial charge in [0.25, 0.3) is 0 Å². The largest absolute Gasteiger partial charge is 0.344 e. The van der Waals surface area contributed by atoms with E-state index in [0.717, 1.165) is 5.88 Å². The maximum Gasteiger partial charge on any atom is 0.0223 e. The normalized spacial score (nSPS) is 10.1. The minimum absolute atomic E-state index is 0. The number of hydrogen-bond donors (Lipinski definition) is 1. The SMILES string of the molecule is CCCCCCCCCCCCCCCCCl.CN(C)C.N. The van der Waals surface area contributed by atoms with Gasteiger partial charge >= 0.3 is 0 Å². The standard InChI is InChI=1S/C16H33Cl.C3H9N.H3N/c1-2-3-4-5-6-7-8-9-10-11-12-13-14-15-16-17;1-4(2)3;/h2-16H2,1H3;1-3H3;1H3. The summed E-state index contributed by atoms with van der Waals surface area (Å²) in [6.07, 6.45) is 19.8. The molecule has 0 aromatic heterocycles. The molecule has 22 heavy (non-hydrogen) atoms. The molecule has 0 fully saturated rings. The minimum atomic E-state index is 0. The molecule has 0 aliphatic carbocycles. The van der Waals surface area contributed by atoms with Gasteiger partial charge < -0.3 is 11.1 Å². The lowest BCUT2D eigenvalue weighted by Crippen LogP contribution is -1.99. The van der Waals surface area contributed by atoms with Crippen molar-refractivity contribution in [3.8, 4) is 0 Å². The Hall–Kier alpha value is 0.210. The van der Waals surface area contributed by atoms with Crippen LogP contribution in [0, 0.1) is 0 Å². The van der Waals surface area contributed by atoms with Gasteiger partial charge in [0, 0.05) is 5.88 Å². The van der Waals surface area contributed by atoms with Crippen molar-refractivity contribution in [1.29, 1.82) is 0 Å². The van der Waals surface area contributed by atoms with Crippen LogP contribution in [0.4, 0.5) is 0 Å². The summed E-state index contributed by atoms with van der Waals surface area (Å²) in [5.74, 6) is 0.845. The molecule has 0 heterocycles. The molecule has 0 aliphatic heterocycles. The summed E-state index contributed by atoms with van der Waals surface area (Å²) in [4.78, 5) is 2.00. The van der Waals surface area contributed by atoms with Crippen molar-refractivity contribution in [2.75, 3.05) is 27.0 Å². The van der Waals surface area contributed by atoms with Gasteiger partial charge in [0.15, 0.2) is 0 Å². The van der Waals surface area contributed by atoms with Gasteiger partial charge in [-0.2, -0.15) is 0 Å². The Bertz CT molecular complexity index is 147. The van der Waals surface area contributed by atoms with E-state index in [2.05, 4.69) is 6.92 Å². The molecule has 0 spiro atoms. The fourth-order valence-electron chi connectivity index (χ4n) is 2.29. The van der Waals surface area contributed by atoms with E-state index in [1.165, 1.54) is 89.9 Å². The first-order valence-electron chi connectivity index (χ1n) is 9.32. The van der Waals surface area contributed by atoms with Crippen LogP contribution >= 0.6 is 11.6 Å². The van der Waals surface area contributed by atoms with Crippen molar-refractivity contribution in [2.24, 2.45) is 0 Å². The highest BCUT2D eigenvalue weighted by Gasteiger charge is 1.93. The van der Waals surface area contributed by atoms with E-state index in [4.69, 9.17) is 11.6 Å². The molecule has 0 radical (unpaired) electrons. The number of nitrogens with zero attached hydrogens (tertiary/aromatic N) is 1. The minimum Gasteiger partial charge on any atom is -0.344 e. The fourth-order valence-corrected chi connectivity index (χ4v) is 2.48. The molecule has 0 rings (SSSR count). The lowest BCUT2D eigenvalue weighted by molar-refractivity contribution is 0.505. The van der Waals surface area contributed by atoms with Crippen molar-refractivity contribution in [1.82, 2.24) is 11.1 Å². The van der Waals surface area contributed by atoms with E-state index >= 15 is 0 Å². The molecule has 0 aliphatic rings. The van der Waals surface area contributed by atoms with Crippen LogP contribution in [0.3, 0.4) is 0 Å². The first-order chi connectivity index (χ1) is 10.1. The van der Waals surface area contributed by atoms with Crippen molar-refractivity contribution < 1.29 is 0 Å². The van der Waals surface area contributed by atoms with Crippen LogP contribution in [0.5, 0.6) is 0 Å². The van der Waals surface area contributed by atoms with Crippen LogP contribution in [0.25, 0.3) is 0 Å². The highest BCUT2D eigenvalue weighted by atomic mass is 35.5. The Morgan fingerprint density at radius 1 is 0.545 bits per heavy atom. The summed E-state index contributed by atoms with van der Waals surface area (Å²) >= 11 is 5.64. The number of halogens is 1. The third-order valence-corrected chi connectivity index (χ3v) is 3.75. The van der Waals surface area contributed by atoms with Crippen molar-refractivity contribution in [2.45, 2.75) is 96.8 Å². The monoisotopic (exact) mass is 336 g/mol. The van der Waals surface area contributed by atoms with E-state index < -0.39 is 0 Å². The molecule has 138 valence electrons. The van der Waals surface area contributed by atoms with Gasteiger partial charge in [-0.25, -0.2) is 0 Å². The molecule has 2 nitrogen and oxygen atoms in total. The lowest BCUT2D eigenvalue weighted by Gasteiger charge is -2.02. The second kappa shape index (κ2) is 26.1. The van der Waals surface area contributed by atoms with Gasteiger partial charge in [0.2, 0.25) is 0 Å². The average molecular weight is 337 g/mol. The van der Waals surface area contributed by atoms with E-state index in [9.17, 15) is 0 Å². The van der Waals surface area contributed by atoms with Crippen molar-refractivity contribution >= 4 is 11.6 Å². The number of alkyl halides is 1. The third-order valence-electron chi connectivity index (χ3n) is 3.49. The molecular formula is C19H45ClN2. The zero-order valence-electron chi connectivity index (χ0n) is 16.1. The highest BCUT2D eigenvalue weighted by Crippen LogP contribution is 2.12. The number of unbranched alkanes of at least 4 members (excludes halogenated alkanes) is 13.